The van der Waals surface area contributed by atoms with Gasteiger partial charge in [-0.25, -0.2) is 4.68 Å². The fraction of sp³-hybridized carbons (Fsp3) is 0.381. The number of benzene rings is 1. The number of hydrogen-bond donors (Lipinski definition) is 1. The van der Waals surface area contributed by atoms with Crippen LogP contribution in [0.5, 0.6) is 0 Å². The molecular weight excluding hydrogens is 324 g/mol. The third kappa shape index (κ3) is 3.21. The molecule has 0 bridgehead atoms. The lowest BCUT2D eigenvalue weighted by Crippen LogP contribution is -2.21. The summed E-state index contributed by atoms with van der Waals surface area (Å²) in [6, 6.07) is 10.3. The van der Waals surface area contributed by atoms with Crippen molar-refractivity contribution in [2.75, 3.05) is 5.32 Å². The summed E-state index contributed by atoms with van der Waals surface area (Å²) in [6.45, 7) is 3.93. The van der Waals surface area contributed by atoms with Crippen LogP contribution in [0.25, 0.3) is 10.9 Å². The molecule has 1 aromatic carbocycles. The Morgan fingerprint density at radius 1 is 1.12 bits per heavy atom. The van der Waals surface area contributed by atoms with Gasteiger partial charge >= 0.3 is 0 Å². The number of amides is 1. The first kappa shape index (κ1) is 16.8. The second-order valence-electron chi connectivity index (χ2n) is 7.22. The number of fused-ring (bicyclic) bond motifs is 1. The van der Waals surface area contributed by atoms with E-state index in [9.17, 15) is 4.79 Å². The van der Waals surface area contributed by atoms with Gasteiger partial charge in [0.25, 0.3) is 5.91 Å². The van der Waals surface area contributed by atoms with Gasteiger partial charge < -0.3 is 5.32 Å². The van der Waals surface area contributed by atoms with E-state index < -0.39 is 0 Å². The summed E-state index contributed by atoms with van der Waals surface area (Å²) in [7, 11) is 0. The smallest absolute Gasteiger partial charge is 0.258 e. The van der Waals surface area contributed by atoms with Crippen molar-refractivity contribution in [1.82, 2.24) is 14.8 Å². The highest BCUT2D eigenvalue weighted by Crippen LogP contribution is 2.30. The number of anilines is 1. The van der Waals surface area contributed by atoms with Crippen LogP contribution >= 0.6 is 0 Å². The number of carbonyl (C=O) groups excluding carboxylic acids is 1. The van der Waals surface area contributed by atoms with E-state index in [0.717, 1.165) is 40.8 Å². The molecule has 5 heteroatoms. The minimum absolute atomic E-state index is 0.129. The van der Waals surface area contributed by atoms with Gasteiger partial charge in [-0.3, -0.25) is 9.78 Å². The van der Waals surface area contributed by atoms with Gasteiger partial charge in [-0.05, 0) is 44.9 Å². The van der Waals surface area contributed by atoms with Gasteiger partial charge in [0.2, 0.25) is 0 Å². The van der Waals surface area contributed by atoms with Crippen molar-refractivity contribution in [1.29, 1.82) is 0 Å². The van der Waals surface area contributed by atoms with Crippen molar-refractivity contribution in [2.45, 2.75) is 52.0 Å². The lowest BCUT2D eigenvalue weighted by atomic mass is 9.96. The number of aryl methyl sites for hydroxylation is 2. The minimum atomic E-state index is -0.129. The second kappa shape index (κ2) is 6.90. The van der Waals surface area contributed by atoms with E-state index in [0.29, 0.717) is 11.6 Å². The summed E-state index contributed by atoms with van der Waals surface area (Å²) in [5, 5.41) is 8.49. The number of pyridine rings is 1. The Hall–Kier alpha value is -2.69. The van der Waals surface area contributed by atoms with Crippen LogP contribution in [0.3, 0.4) is 0 Å². The summed E-state index contributed by atoms with van der Waals surface area (Å²) in [5.74, 6) is 0.640. The molecule has 1 N–H and O–H groups in total. The summed E-state index contributed by atoms with van der Waals surface area (Å²) < 4.78 is 1.98. The molecule has 1 amide bonds. The predicted octanol–water partition coefficient (Wildman–Crippen LogP) is 4.81. The molecule has 0 atom stereocenters. The van der Waals surface area contributed by atoms with E-state index in [-0.39, 0.29) is 5.91 Å². The van der Waals surface area contributed by atoms with Crippen molar-refractivity contribution in [2.24, 2.45) is 0 Å². The van der Waals surface area contributed by atoms with Gasteiger partial charge in [0.1, 0.15) is 5.82 Å². The molecule has 26 heavy (non-hydrogen) atoms. The Morgan fingerprint density at radius 3 is 2.73 bits per heavy atom. The molecular formula is C21H24N4O. The van der Waals surface area contributed by atoms with Crippen LogP contribution in [-0.2, 0) is 0 Å². The average molecular weight is 348 g/mol. The zero-order valence-corrected chi connectivity index (χ0v) is 15.3. The Labute approximate surface area is 153 Å². The zero-order valence-electron chi connectivity index (χ0n) is 15.3. The molecule has 0 spiro atoms. The third-order valence-corrected chi connectivity index (χ3v) is 5.24. The summed E-state index contributed by atoms with van der Waals surface area (Å²) >= 11 is 0. The molecule has 1 saturated carbocycles. The molecule has 1 fully saturated rings. The fourth-order valence-corrected chi connectivity index (χ4v) is 3.84. The molecule has 0 saturated heterocycles. The molecule has 0 radical (unpaired) electrons. The Balaban J connectivity index is 1.62. The van der Waals surface area contributed by atoms with Crippen molar-refractivity contribution in [3.8, 4) is 0 Å². The minimum Gasteiger partial charge on any atom is -0.307 e. The highest BCUT2D eigenvalue weighted by molar-refractivity contribution is 6.06. The molecule has 2 heterocycles. The van der Waals surface area contributed by atoms with E-state index in [4.69, 9.17) is 0 Å². The molecule has 1 aliphatic carbocycles. The number of nitrogens with one attached hydrogen (secondary N) is 1. The van der Waals surface area contributed by atoms with E-state index in [2.05, 4.69) is 21.5 Å². The number of carbonyl (C=O) groups is 1. The standard InChI is InChI=1S/C21H24N4O/c1-14-8-9-19-16(12-14)13-18(15(2)23-19)21(26)24-20-10-11-22-25(20)17-6-4-3-5-7-17/h8-13,17H,3-7H2,1-2H3,(H,24,26). The monoisotopic (exact) mass is 348 g/mol. The molecule has 5 nitrogen and oxygen atoms in total. The van der Waals surface area contributed by atoms with Crippen LogP contribution in [-0.4, -0.2) is 20.7 Å². The molecule has 4 rings (SSSR count). The van der Waals surface area contributed by atoms with E-state index in [1.165, 1.54) is 19.3 Å². The molecule has 0 unspecified atom stereocenters. The van der Waals surface area contributed by atoms with Crippen LogP contribution in [0, 0.1) is 13.8 Å². The molecule has 134 valence electrons. The van der Waals surface area contributed by atoms with Gasteiger partial charge in [0.15, 0.2) is 0 Å². The molecule has 0 aliphatic heterocycles. The molecule has 2 aromatic heterocycles. The maximum absolute atomic E-state index is 12.9. The van der Waals surface area contributed by atoms with Crippen LogP contribution in [0.15, 0.2) is 36.5 Å². The van der Waals surface area contributed by atoms with Gasteiger partial charge in [0.05, 0.1) is 29.0 Å². The Kier molecular flexibility index (Phi) is 4.45. The summed E-state index contributed by atoms with van der Waals surface area (Å²) in [4.78, 5) is 17.5. The lowest BCUT2D eigenvalue weighted by Gasteiger charge is -2.24. The van der Waals surface area contributed by atoms with Crippen LogP contribution in [0.4, 0.5) is 5.82 Å². The Bertz CT molecular complexity index is 954. The van der Waals surface area contributed by atoms with Crippen molar-refractivity contribution < 1.29 is 4.79 Å². The van der Waals surface area contributed by atoms with Crippen LogP contribution < -0.4 is 5.32 Å². The van der Waals surface area contributed by atoms with Gasteiger partial charge in [-0.2, -0.15) is 5.10 Å². The van der Waals surface area contributed by atoms with Crippen LogP contribution in [0.2, 0.25) is 0 Å². The topological polar surface area (TPSA) is 59.8 Å². The number of rotatable bonds is 3. The normalized spacial score (nSPS) is 15.3. The summed E-state index contributed by atoms with van der Waals surface area (Å²) in [5.41, 5.74) is 3.42. The maximum Gasteiger partial charge on any atom is 0.258 e. The van der Waals surface area contributed by atoms with Gasteiger partial charge in [-0.1, -0.05) is 30.9 Å². The molecule has 3 aromatic rings. The predicted molar refractivity (Wildman–Crippen MR) is 104 cm³/mol. The largest absolute Gasteiger partial charge is 0.307 e. The third-order valence-electron chi connectivity index (χ3n) is 5.24. The van der Waals surface area contributed by atoms with Gasteiger partial charge in [-0.15, -0.1) is 0 Å². The van der Waals surface area contributed by atoms with E-state index in [1.54, 1.807) is 6.20 Å². The quantitative estimate of drug-likeness (QED) is 0.739. The highest BCUT2D eigenvalue weighted by Gasteiger charge is 2.20. The van der Waals surface area contributed by atoms with Gasteiger partial charge in [0, 0.05) is 11.5 Å². The first-order valence-corrected chi connectivity index (χ1v) is 9.35. The van der Waals surface area contributed by atoms with Crippen molar-refractivity contribution in [3.05, 3.63) is 53.3 Å². The second-order valence-corrected chi connectivity index (χ2v) is 7.22. The van der Waals surface area contributed by atoms with Crippen LogP contribution in [0.1, 0.15) is 59.8 Å². The first-order chi connectivity index (χ1) is 12.6. The maximum atomic E-state index is 12.9. The number of nitrogens with zero attached hydrogens (tertiary/aromatic N) is 3. The summed E-state index contributed by atoms with van der Waals surface area (Å²) in [6.07, 6.45) is 7.76. The Morgan fingerprint density at radius 2 is 1.92 bits per heavy atom. The van der Waals surface area contributed by atoms with E-state index in [1.807, 2.05) is 42.8 Å². The average Bonchev–Trinajstić information content (AvgIpc) is 3.10. The lowest BCUT2D eigenvalue weighted by molar-refractivity contribution is 0.102. The SMILES string of the molecule is Cc1ccc2nc(C)c(C(=O)Nc3ccnn3C3CCCCC3)cc2c1. The van der Waals surface area contributed by atoms with Crippen molar-refractivity contribution in [3.63, 3.8) is 0 Å². The number of aromatic nitrogens is 3. The molecule has 1 aliphatic rings. The first-order valence-electron chi connectivity index (χ1n) is 9.35. The van der Waals surface area contributed by atoms with E-state index >= 15 is 0 Å². The van der Waals surface area contributed by atoms with Crippen molar-refractivity contribution >= 4 is 22.6 Å². The fourth-order valence-electron chi connectivity index (χ4n) is 3.84. The number of hydrogen-bond acceptors (Lipinski definition) is 3. The highest BCUT2D eigenvalue weighted by atomic mass is 16.1. The zero-order chi connectivity index (χ0) is 18.1.